The zero-order valence-electron chi connectivity index (χ0n) is 12.4. The Morgan fingerprint density at radius 1 is 1.18 bits per heavy atom. The van der Waals surface area contributed by atoms with Gasteiger partial charge >= 0.3 is 5.97 Å². The van der Waals surface area contributed by atoms with E-state index in [2.05, 4.69) is 42.2 Å². The van der Waals surface area contributed by atoms with Gasteiger partial charge in [-0.3, -0.25) is 0 Å². The summed E-state index contributed by atoms with van der Waals surface area (Å²) in [5.41, 5.74) is 2.71. The maximum Gasteiger partial charge on any atom is 0.354 e. The lowest BCUT2D eigenvalue weighted by Crippen LogP contribution is -2.04. The van der Waals surface area contributed by atoms with Crippen LogP contribution in [0.5, 0.6) is 0 Å². The van der Waals surface area contributed by atoms with E-state index in [9.17, 15) is 4.79 Å². The van der Waals surface area contributed by atoms with Crippen LogP contribution in [-0.4, -0.2) is 17.6 Å². The predicted molar refractivity (Wildman–Crippen MR) is 91.9 cm³/mol. The third-order valence-electron chi connectivity index (χ3n) is 4.01. The van der Waals surface area contributed by atoms with E-state index < -0.39 is 0 Å². The van der Waals surface area contributed by atoms with Crippen molar-refractivity contribution in [3.8, 4) is 0 Å². The van der Waals surface area contributed by atoms with E-state index in [0.717, 1.165) is 10.9 Å². The molecule has 0 amide bonds. The van der Waals surface area contributed by atoms with Crippen molar-refractivity contribution in [2.45, 2.75) is 13.8 Å². The minimum Gasteiger partial charge on any atom is -0.461 e. The highest BCUT2D eigenvalue weighted by molar-refractivity contribution is 7.26. The molecule has 2 aromatic heterocycles. The lowest BCUT2D eigenvalue weighted by molar-refractivity contribution is 0.0520. The molecule has 0 radical (unpaired) electrons. The van der Waals surface area contributed by atoms with Crippen molar-refractivity contribution in [3.05, 3.63) is 47.7 Å². The van der Waals surface area contributed by atoms with Crippen LogP contribution in [0.1, 0.15) is 23.0 Å². The Morgan fingerprint density at radius 2 is 2.00 bits per heavy atom. The molecule has 4 aromatic rings. The molecule has 4 heteroatoms. The molecule has 22 heavy (non-hydrogen) atoms. The quantitative estimate of drug-likeness (QED) is 0.528. The molecule has 1 N–H and O–H groups in total. The third-order valence-corrected chi connectivity index (χ3v) is 5.32. The predicted octanol–water partition coefficient (Wildman–Crippen LogP) is 5.02. The first-order valence-corrected chi connectivity index (χ1v) is 8.11. The molecule has 0 saturated heterocycles. The standard InChI is InChI=1S/C18H15NO2S/c1-3-21-18(20)15-8-12-10(2)17-13(9-14(12)19-15)11-6-4-5-7-16(11)22-17/h4-9,19H,3H2,1-2H3. The molecule has 2 aromatic carbocycles. The van der Waals surface area contributed by atoms with Crippen molar-refractivity contribution in [2.75, 3.05) is 6.61 Å². The highest BCUT2D eigenvalue weighted by Gasteiger charge is 2.15. The zero-order chi connectivity index (χ0) is 15.3. The first-order valence-electron chi connectivity index (χ1n) is 7.29. The monoisotopic (exact) mass is 309 g/mol. The maximum atomic E-state index is 11.9. The lowest BCUT2D eigenvalue weighted by Gasteiger charge is -1.99. The van der Waals surface area contributed by atoms with Gasteiger partial charge in [0.15, 0.2) is 0 Å². The average molecular weight is 309 g/mol. The normalized spacial score (nSPS) is 11.5. The average Bonchev–Trinajstić information content (AvgIpc) is 3.10. The smallest absolute Gasteiger partial charge is 0.354 e. The number of aryl methyl sites for hydroxylation is 1. The summed E-state index contributed by atoms with van der Waals surface area (Å²) in [5, 5.41) is 3.59. The summed E-state index contributed by atoms with van der Waals surface area (Å²) in [6.45, 7) is 4.31. The molecule has 0 fully saturated rings. The second kappa shape index (κ2) is 4.85. The number of nitrogens with one attached hydrogen (secondary N) is 1. The molecule has 2 heterocycles. The van der Waals surface area contributed by atoms with Gasteiger partial charge in [0.1, 0.15) is 5.69 Å². The number of aromatic amines is 1. The molecule has 4 rings (SSSR count). The molecule has 0 unspecified atom stereocenters. The number of hydrogen-bond acceptors (Lipinski definition) is 3. The number of thiophene rings is 1. The molecule has 0 saturated carbocycles. The minimum absolute atomic E-state index is 0.300. The van der Waals surface area contributed by atoms with Gasteiger partial charge in [0, 0.05) is 31.1 Å². The van der Waals surface area contributed by atoms with E-state index in [1.54, 1.807) is 11.3 Å². The van der Waals surface area contributed by atoms with E-state index in [1.165, 1.54) is 25.7 Å². The number of H-pyrrole nitrogens is 1. The van der Waals surface area contributed by atoms with Gasteiger partial charge in [0.05, 0.1) is 6.61 Å². The van der Waals surface area contributed by atoms with E-state index in [-0.39, 0.29) is 5.97 Å². The van der Waals surface area contributed by atoms with E-state index in [4.69, 9.17) is 4.74 Å². The van der Waals surface area contributed by atoms with Crippen molar-refractivity contribution in [3.63, 3.8) is 0 Å². The molecule has 110 valence electrons. The first kappa shape index (κ1) is 13.3. The number of carbonyl (C=O) groups is 1. The summed E-state index contributed by atoms with van der Waals surface area (Å²) in [4.78, 5) is 15.1. The van der Waals surface area contributed by atoms with Gasteiger partial charge in [-0.15, -0.1) is 11.3 Å². The molecule has 0 spiro atoms. The SMILES string of the molecule is CCOC(=O)c1cc2c(C)c3sc4ccccc4c3cc2[nH]1. The van der Waals surface area contributed by atoms with Gasteiger partial charge in [-0.25, -0.2) is 4.79 Å². The number of hydrogen-bond donors (Lipinski definition) is 1. The minimum atomic E-state index is -0.300. The molecule has 3 nitrogen and oxygen atoms in total. The summed E-state index contributed by atoms with van der Waals surface area (Å²) < 4.78 is 7.65. The van der Waals surface area contributed by atoms with Crippen LogP contribution >= 0.6 is 11.3 Å². The Balaban J connectivity index is 2.03. The Labute approximate surface area is 131 Å². The highest BCUT2D eigenvalue weighted by Crippen LogP contribution is 2.39. The summed E-state index contributed by atoms with van der Waals surface area (Å²) in [5.74, 6) is -0.300. The van der Waals surface area contributed by atoms with Crippen LogP contribution in [0.3, 0.4) is 0 Å². The van der Waals surface area contributed by atoms with Crippen LogP contribution in [0, 0.1) is 6.92 Å². The number of esters is 1. The van der Waals surface area contributed by atoms with Crippen molar-refractivity contribution in [2.24, 2.45) is 0 Å². The summed E-state index contributed by atoms with van der Waals surface area (Å²) in [7, 11) is 0. The number of fused-ring (bicyclic) bond motifs is 4. The first-order chi connectivity index (χ1) is 10.7. The Bertz CT molecular complexity index is 1030. The van der Waals surface area contributed by atoms with Crippen molar-refractivity contribution in [1.29, 1.82) is 0 Å². The van der Waals surface area contributed by atoms with E-state index in [1.807, 2.05) is 13.0 Å². The highest BCUT2D eigenvalue weighted by atomic mass is 32.1. The van der Waals surface area contributed by atoms with Gasteiger partial charge in [-0.05, 0) is 37.6 Å². The number of ether oxygens (including phenoxy) is 1. The third kappa shape index (κ3) is 1.84. The molecule has 0 aliphatic rings. The second-order valence-electron chi connectivity index (χ2n) is 5.34. The fourth-order valence-corrected chi connectivity index (χ4v) is 4.16. The Hall–Kier alpha value is -2.33. The van der Waals surface area contributed by atoms with Crippen LogP contribution < -0.4 is 0 Å². The van der Waals surface area contributed by atoms with Crippen LogP contribution in [0.4, 0.5) is 0 Å². The van der Waals surface area contributed by atoms with Gasteiger partial charge in [-0.2, -0.15) is 0 Å². The number of rotatable bonds is 2. The van der Waals surface area contributed by atoms with Crippen LogP contribution in [-0.2, 0) is 4.74 Å². The maximum absolute atomic E-state index is 11.9. The number of aromatic nitrogens is 1. The second-order valence-corrected chi connectivity index (χ2v) is 6.39. The van der Waals surface area contributed by atoms with E-state index >= 15 is 0 Å². The van der Waals surface area contributed by atoms with Crippen molar-refractivity contribution in [1.82, 2.24) is 4.98 Å². The largest absolute Gasteiger partial charge is 0.461 e. The summed E-state index contributed by atoms with van der Waals surface area (Å²) in [6, 6.07) is 12.5. The Kier molecular flexibility index (Phi) is 2.94. The van der Waals surface area contributed by atoms with Gasteiger partial charge in [0.25, 0.3) is 0 Å². The van der Waals surface area contributed by atoms with Crippen molar-refractivity contribution >= 4 is 48.4 Å². The molecule has 0 bridgehead atoms. The van der Waals surface area contributed by atoms with Gasteiger partial charge < -0.3 is 9.72 Å². The molecule has 0 atom stereocenters. The van der Waals surface area contributed by atoms with Crippen LogP contribution in [0.25, 0.3) is 31.1 Å². The molecule has 0 aliphatic carbocycles. The van der Waals surface area contributed by atoms with E-state index in [0.29, 0.717) is 12.3 Å². The van der Waals surface area contributed by atoms with Crippen LogP contribution in [0.15, 0.2) is 36.4 Å². The zero-order valence-corrected chi connectivity index (χ0v) is 13.2. The topological polar surface area (TPSA) is 42.1 Å². The Morgan fingerprint density at radius 3 is 2.82 bits per heavy atom. The molecular weight excluding hydrogens is 294 g/mol. The van der Waals surface area contributed by atoms with Crippen LogP contribution in [0.2, 0.25) is 0 Å². The number of carbonyl (C=O) groups excluding carboxylic acids is 1. The molecule has 0 aliphatic heterocycles. The molecular formula is C18H15NO2S. The lowest BCUT2D eigenvalue weighted by atomic mass is 10.1. The summed E-state index contributed by atoms with van der Waals surface area (Å²) >= 11 is 1.80. The summed E-state index contributed by atoms with van der Waals surface area (Å²) in [6.07, 6.45) is 0. The van der Waals surface area contributed by atoms with Gasteiger partial charge in [0.2, 0.25) is 0 Å². The fourth-order valence-electron chi connectivity index (χ4n) is 2.97. The van der Waals surface area contributed by atoms with Crippen molar-refractivity contribution < 1.29 is 9.53 Å². The fraction of sp³-hybridized carbons (Fsp3) is 0.167. The number of benzene rings is 2. The van der Waals surface area contributed by atoms with Gasteiger partial charge in [-0.1, -0.05) is 18.2 Å².